The SMILES string of the molecule is N#Cc1cc(-c2ccccc2)c(-n2c3ccccc3c3ccccc32)c(-c2nc(-c3ccccc3)nc(-c3ccc4oc5ccccc5c4c3)n2)c1. The van der Waals surface area contributed by atoms with Gasteiger partial charge in [-0.3, -0.25) is 0 Å². The Hall–Kier alpha value is -7.36. The van der Waals surface area contributed by atoms with E-state index in [9.17, 15) is 5.26 Å². The number of nitriles is 1. The molecule has 0 bridgehead atoms. The Bertz CT molecular complexity index is 2970. The fourth-order valence-corrected chi connectivity index (χ4v) is 7.32. The van der Waals surface area contributed by atoms with Crippen molar-refractivity contribution in [2.45, 2.75) is 0 Å². The molecule has 52 heavy (non-hydrogen) atoms. The van der Waals surface area contributed by atoms with E-state index < -0.39 is 0 Å². The molecule has 0 atom stereocenters. The molecule has 3 heterocycles. The smallest absolute Gasteiger partial charge is 0.166 e. The van der Waals surface area contributed by atoms with Gasteiger partial charge in [0.1, 0.15) is 11.2 Å². The second-order valence-corrected chi connectivity index (χ2v) is 12.7. The van der Waals surface area contributed by atoms with E-state index in [0.717, 1.165) is 77.2 Å². The maximum Gasteiger partial charge on any atom is 0.166 e. The minimum atomic E-state index is 0.465. The number of rotatable bonds is 5. The van der Waals surface area contributed by atoms with Gasteiger partial charge in [-0.1, -0.05) is 115 Å². The third-order valence-corrected chi connectivity index (χ3v) is 9.67. The lowest BCUT2D eigenvalue weighted by Crippen LogP contribution is -2.06. The second kappa shape index (κ2) is 11.9. The van der Waals surface area contributed by atoms with Gasteiger partial charge in [0.15, 0.2) is 17.5 Å². The molecule has 0 N–H and O–H groups in total. The van der Waals surface area contributed by atoms with Crippen molar-refractivity contribution >= 4 is 43.7 Å². The largest absolute Gasteiger partial charge is 0.456 e. The zero-order valence-corrected chi connectivity index (χ0v) is 27.7. The van der Waals surface area contributed by atoms with Crippen LogP contribution in [-0.4, -0.2) is 19.5 Å². The van der Waals surface area contributed by atoms with Crippen LogP contribution in [-0.2, 0) is 0 Å². The number of furan rings is 1. The molecule has 242 valence electrons. The predicted octanol–water partition coefficient (Wildman–Crippen LogP) is 11.4. The molecule has 0 saturated heterocycles. The lowest BCUT2D eigenvalue weighted by molar-refractivity contribution is 0.669. The molecule has 0 spiro atoms. The molecule has 7 aromatic carbocycles. The van der Waals surface area contributed by atoms with Gasteiger partial charge in [0.2, 0.25) is 0 Å². The highest BCUT2D eigenvalue weighted by Crippen LogP contribution is 2.42. The molecule has 6 nitrogen and oxygen atoms in total. The first kappa shape index (κ1) is 29.5. The number of benzene rings is 7. The van der Waals surface area contributed by atoms with E-state index in [4.69, 9.17) is 19.4 Å². The van der Waals surface area contributed by atoms with Gasteiger partial charge in [0.25, 0.3) is 0 Å². The normalized spacial score (nSPS) is 11.4. The van der Waals surface area contributed by atoms with E-state index in [-0.39, 0.29) is 0 Å². The van der Waals surface area contributed by atoms with E-state index in [0.29, 0.717) is 23.0 Å². The van der Waals surface area contributed by atoms with E-state index in [1.54, 1.807) is 0 Å². The van der Waals surface area contributed by atoms with Crippen molar-refractivity contribution in [3.63, 3.8) is 0 Å². The molecule has 3 aromatic heterocycles. The predicted molar refractivity (Wildman–Crippen MR) is 208 cm³/mol. The first-order chi connectivity index (χ1) is 25.7. The van der Waals surface area contributed by atoms with Crippen LogP contribution < -0.4 is 0 Å². The third-order valence-electron chi connectivity index (χ3n) is 9.67. The van der Waals surface area contributed by atoms with Gasteiger partial charge in [-0.25, -0.2) is 15.0 Å². The van der Waals surface area contributed by atoms with Crippen LogP contribution in [0.1, 0.15) is 5.56 Å². The van der Waals surface area contributed by atoms with Crippen molar-refractivity contribution in [1.82, 2.24) is 19.5 Å². The molecule has 0 unspecified atom stereocenters. The maximum absolute atomic E-state index is 10.5. The molecule has 0 fully saturated rings. The first-order valence-corrected chi connectivity index (χ1v) is 17.1. The van der Waals surface area contributed by atoms with Crippen molar-refractivity contribution in [3.05, 3.63) is 169 Å². The monoisotopic (exact) mass is 665 g/mol. The highest BCUT2D eigenvalue weighted by molar-refractivity contribution is 6.10. The summed E-state index contributed by atoms with van der Waals surface area (Å²) in [6, 6.07) is 57.4. The Balaban J connectivity index is 1.32. The fourth-order valence-electron chi connectivity index (χ4n) is 7.32. The number of aromatic nitrogens is 4. The van der Waals surface area contributed by atoms with Gasteiger partial charge in [0.05, 0.1) is 28.4 Å². The molecule has 10 aromatic rings. The molecule has 0 radical (unpaired) electrons. The Morgan fingerprint density at radius 1 is 0.442 bits per heavy atom. The van der Waals surface area contributed by atoms with Gasteiger partial charge >= 0.3 is 0 Å². The average Bonchev–Trinajstić information content (AvgIpc) is 3.76. The van der Waals surface area contributed by atoms with Crippen molar-refractivity contribution in [2.75, 3.05) is 0 Å². The molecule has 0 amide bonds. The van der Waals surface area contributed by atoms with E-state index in [2.05, 4.69) is 83.4 Å². The summed E-state index contributed by atoms with van der Waals surface area (Å²) in [4.78, 5) is 15.5. The minimum absolute atomic E-state index is 0.465. The zero-order chi connectivity index (χ0) is 34.6. The lowest BCUT2D eigenvalue weighted by atomic mass is 9.96. The number of hydrogen-bond donors (Lipinski definition) is 0. The van der Waals surface area contributed by atoms with E-state index in [1.807, 2.05) is 91.0 Å². The lowest BCUT2D eigenvalue weighted by Gasteiger charge is -2.19. The average molecular weight is 666 g/mol. The van der Waals surface area contributed by atoms with Gasteiger partial charge < -0.3 is 8.98 Å². The molecular weight excluding hydrogens is 639 g/mol. The molecular formula is C46H27N5O. The fraction of sp³-hybridized carbons (Fsp3) is 0. The summed E-state index contributed by atoms with van der Waals surface area (Å²) in [5, 5.41) is 14.7. The Morgan fingerprint density at radius 3 is 1.67 bits per heavy atom. The summed E-state index contributed by atoms with van der Waals surface area (Å²) in [5.74, 6) is 1.52. The quantitative estimate of drug-likeness (QED) is 0.183. The molecule has 10 rings (SSSR count). The third kappa shape index (κ3) is 4.76. The van der Waals surface area contributed by atoms with Gasteiger partial charge in [-0.15, -0.1) is 0 Å². The molecule has 0 saturated carbocycles. The number of hydrogen-bond acceptors (Lipinski definition) is 5. The number of para-hydroxylation sites is 3. The summed E-state index contributed by atoms with van der Waals surface area (Å²) in [7, 11) is 0. The van der Waals surface area contributed by atoms with Crippen LogP contribution in [0.5, 0.6) is 0 Å². The first-order valence-electron chi connectivity index (χ1n) is 17.1. The molecule has 0 aliphatic carbocycles. The summed E-state index contributed by atoms with van der Waals surface area (Å²) < 4.78 is 8.44. The van der Waals surface area contributed by atoms with Crippen molar-refractivity contribution in [3.8, 4) is 57.0 Å². The number of nitrogens with zero attached hydrogens (tertiary/aromatic N) is 5. The van der Waals surface area contributed by atoms with Crippen LogP contribution >= 0.6 is 0 Å². The van der Waals surface area contributed by atoms with Crippen LogP contribution in [0, 0.1) is 11.3 Å². The standard InChI is InChI=1S/C46H27N5O/c47-28-29-25-36(30-13-3-1-4-14-30)43(51-39-20-10-7-17-33(39)34-18-8-11-21-40(34)51)38(26-29)46-49-44(31-15-5-2-6-16-31)48-45(50-46)32-23-24-42-37(27-32)35-19-9-12-22-41(35)52-42/h1-27H. The van der Waals surface area contributed by atoms with Crippen molar-refractivity contribution < 1.29 is 4.42 Å². The molecule has 0 aliphatic rings. The Morgan fingerprint density at radius 2 is 0.981 bits per heavy atom. The summed E-state index contributed by atoms with van der Waals surface area (Å²) in [6.07, 6.45) is 0. The van der Waals surface area contributed by atoms with Crippen LogP contribution in [0.4, 0.5) is 0 Å². The summed E-state index contributed by atoms with van der Waals surface area (Å²) >= 11 is 0. The van der Waals surface area contributed by atoms with Crippen LogP contribution in [0.2, 0.25) is 0 Å². The van der Waals surface area contributed by atoms with Gasteiger partial charge in [-0.05, 0) is 54.1 Å². The van der Waals surface area contributed by atoms with E-state index >= 15 is 0 Å². The minimum Gasteiger partial charge on any atom is -0.456 e. The topological polar surface area (TPSA) is 80.5 Å². The van der Waals surface area contributed by atoms with Crippen molar-refractivity contribution in [1.29, 1.82) is 5.26 Å². The van der Waals surface area contributed by atoms with Crippen molar-refractivity contribution in [2.24, 2.45) is 0 Å². The molecule has 6 heteroatoms. The van der Waals surface area contributed by atoms with Crippen LogP contribution in [0.3, 0.4) is 0 Å². The van der Waals surface area contributed by atoms with Gasteiger partial charge in [0, 0.05) is 43.8 Å². The van der Waals surface area contributed by atoms with E-state index in [1.165, 1.54) is 0 Å². The second-order valence-electron chi connectivity index (χ2n) is 12.7. The summed E-state index contributed by atoms with van der Waals surface area (Å²) in [5.41, 5.74) is 9.40. The van der Waals surface area contributed by atoms with Gasteiger partial charge in [-0.2, -0.15) is 5.26 Å². The van der Waals surface area contributed by atoms with Crippen LogP contribution in [0.25, 0.3) is 94.7 Å². The maximum atomic E-state index is 10.5. The molecule has 0 aliphatic heterocycles. The van der Waals surface area contributed by atoms with Crippen LogP contribution in [0.15, 0.2) is 168 Å². The highest BCUT2D eigenvalue weighted by Gasteiger charge is 2.24. The Kier molecular flexibility index (Phi) is 6.76. The Labute approximate surface area is 298 Å². The highest BCUT2D eigenvalue weighted by atomic mass is 16.3. The number of fused-ring (bicyclic) bond motifs is 6. The zero-order valence-electron chi connectivity index (χ0n) is 27.7. The summed E-state index contributed by atoms with van der Waals surface area (Å²) in [6.45, 7) is 0.